The molecule has 1 aliphatic rings. The minimum atomic E-state index is -0.398. The quantitative estimate of drug-likeness (QED) is 0.879. The van der Waals surface area contributed by atoms with E-state index < -0.39 is 6.04 Å². The zero-order valence-electron chi connectivity index (χ0n) is 12.5. The molecule has 1 saturated heterocycles. The third-order valence-electron chi connectivity index (χ3n) is 4.02. The Balaban J connectivity index is 1.91. The maximum Gasteiger partial charge on any atom is 0.239 e. The van der Waals surface area contributed by atoms with Crippen molar-refractivity contribution >= 4 is 27.8 Å². The first-order valence-electron chi connectivity index (χ1n) is 7.29. The molecule has 0 aliphatic carbocycles. The Kier molecular flexibility index (Phi) is 5.52. The molecule has 1 aromatic heterocycles. The Morgan fingerprint density at radius 3 is 2.43 bits per heavy atom. The second-order valence-electron chi connectivity index (χ2n) is 5.42. The highest BCUT2D eigenvalue weighted by Gasteiger charge is 2.28. The molecule has 2 unspecified atom stereocenters. The number of rotatable bonds is 4. The third-order valence-corrected chi connectivity index (χ3v) is 4.43. The van der Waals surface area contributed by atoms with Gasteiger partial charge >= 0.3 is 0 Å². The Morgan fingerprint density at radius 2 is 1.90 bits per heavy atom. The first kappa shape index (κ1) is 16.2. The van der Waals surface area contributed by atoms with Gasteiger partial charge in [-0.05, 0) is 21.8 Å². The summed E-state index contributed by atoms with van der Waals surface area (Å²) in [6.45, 7) is 6.89. The molecule has 0 bridgehead atoms. The summed E-state index contributed by atoms with van der Waals surface area (Å²) in [6.07, 6.45) is 4.39. The highest BCUT2D eigenvalue weighted by molar-refractivity contribution is 9.10. The van der Waals surface area contributed by atoms with E-state index >= 15 is 0 Å². The monoisotopic (exact) mass is 355 g/mol. The molecule has 1 fully saturated rings. The van der Waals surface area contributed by atoms with Gasteiger partial charge in [0.2, 0.25) is 11.9 Å². The first-order valence-corrected chi connectivity index (χ1v) is 8.09. The van der Waals surface area contributed by atoms with E-state index in [1.165, 1.54) is 0 Å². The maximum atomic E-state index is 12.3. The Bertz CT molecular complexity index is 473. The minimum absolute atomic E-state index is 0.0562. The lowest BCUT2D eigenvalue weighted by Gasteiger charge is -2.36. The van der Waals surface area contributed by atoms with Crippen LogP contribution in [0, 0.1) is 5.92 Å². The summed E-state index contributed by atoms with van der Waals surface area (Å²) in [5.41, 5.74) is 6.03. The summed E-state index contributed by atoms with van der Waals surface area (Å²) < 4.78 is 0.861. The Hall–Kier alpha value is -1.21. The van der Waals surface area contributed by atoms with E-state index in [2.05, 4.69) is 37.7 Å². The summed E-state index contributed by atoms with van der Waals surface area (Å²) in [7, 11) is 0. The lowest BCUT2D eigenvalue weighted by molar-refractivity contribution is -0.134. The second kappa shape index (κ2) is 7.17. The van der Waals surface area contributed by atoms with Gasteiger partial charge in [0.05, 0.1) is 10.5 Å². The number of hydrogen-bond acceptors (Lipinski definition) is 5. The third kappa shape index (κ3) is 3.91. The van der Waals surface area contributed by atoms with Crippen LogP contribution in [0.2, 0.25) is 0 Å². The van der Waals surface area contributed by atoms with E-state index in [0.29, 0.717) is 19.0 Å². The summed E-state index contributed by atoms with van der Waals surface area (Å²) in [4.78, 5) is 24.8. The van der Waals surface area contributed by atoms with Gasteiger partial charge in [-0.3, -0.25) is 4.79 Å². The summed E-state index contributed by atoms with van der Waals surface area (Å²) >= 11 is 3.32. The van der Waals surface area contributed by atoms with Gasteiger partial charge in [0.15, 0.2) is 0 Å². The van der Waals surface area contributed by atoms with Crippen molar-refractivity contribution in [3.63, 3.8) is 0 Å². The average Bonchev–Trinajstić information content (AvgIpc) is 2.53. The summed E-state index contributed by atoms with van der Waals surface area (Å²) in [6, 6.07) is -0.398. The van der Waals surface area contributed by atoms with Gasteiger partial charge in [0.1, 0.15) is 0 Å². The molecular formula is C14H22BrN5O. The van der Waals surface area contributed by atoms with Crippen LogP contribution < -0.4 is 10.6 Å². The fourth-order valence-electron chi connectivity index (χ4n) is 2.30. The number of hydrogen-bond donors (Lipinski definition) is 1. The molecule has 0 radical (unpaired) electrons. The fourth-order valence-corrected chi connectivity index (χ4v) is 2.51. The molecule has 1 aromatic rings. The van der Waals surface area contributed by atoms with Crippen LogP contribution in [0.1, 0.15) is 20.3 Å². The highest BCUT2D eigenvalue weighted by atomic mass is 79.9. The fraction of sp³-hybridized carbons (Fsp3) is 0.643. The zero-order chi connectivity index (χ0) is 15.4. The maximum absolute atomic E-state index is 12.3. The molecule has 116 valence electrons. The molecule has 2 N–H and O–H groups in total. The molecule has 2 atom stereocenters. The minimum Gasteiger partial charge on any atom is -0.338 e. The van der Waals surface area contributed by atoms with Crippen LogP contribution in [0.4, 0.5) is 5.95 Å². The van der Waals surface area contributed by atoms with Crippen LogP contribution in [0.15, 0.2) is 16.9 Å². The molecule has 6 nitrogen and oxygen atoms in total. The van der Waals surface area contributed by atoms with E-state index in [-0.39, 0.29) is 11.8 Å². The van der Waals surface area contributed by atoms with Gasteiger partial charge in [-0.15, -0.1) is 0 Å². The SMILES string of the molecule is CCC(C)C(N)C(=O)N1CCN(c2ncc(Br)cn2)CC1. The van der Waals surface area contributed by atoms with Gasteiger partial charge in [0, 0.05) is 38.6 Å². The molecule has 0 aromatic carbocycles. The number of nitrogens with zero attached hydrogens (tertiary/aromatic N) is 4. The van der Waals surface area contributed by atoms with Crippen molar-refractivity contribution in [2.75, 3.05) is 31.1 Å². The highest BCUT2D eigenvalue weighted by Crippen LogP contribution is 2.15. The van der Waals surface area contributed by atoms with Crippen LogP contribution >= 0.6 is 15.9 Å². The number of halogens is 1. The van der Waals surface area contributed by atoms with Crippen molar-refractivity contribution in [1.29, 1.82) is 0 Å². The molecule has 7 heteroatoms. The number of aromatic nitrogens is 2. The molecule has 21 heavy (non-hydrogen) atoms. The second-order valence-corrected chi connectivity index (χ2v) is 6.34. The van der Waals surface area contributed by atoms with E-state index in [4.69, 9.17) is 5.73 Å². The van der Waals surface area contributed by atoms with Gasteiger partial charge < -0.3 is 15.5 Å². The zero-order valence-corrected chi connectivity index (χ0v) is 14.1. The number of piperazine rings is 1. The normalized spacial score (nSPS) is 18.5. The van der Waals surface area contributed by atoms with Crippen molar-refractivity contribution in [2.24, 2.45) is 11.7 Å². The molecule has 1 amide bonds. The lowest BCUT2D eigenvalue weighted by Crippen LogP contribution is -2.54. The van der Waals surface area contributed by atoms with Crippen LogP contribution in [-0.4, -0.2) is 53.0 Å². The molecule has 2 rings (SSSR count). The van der Waals surface area contributed by atoms with Crippen LogP contribution in [0.25, 0.3) is 0 Å². The molecular weight excluding hydrogens is 334 g/mol. The summed E-state index contributed by atoms with van der Waals surface area (Å²) in [5, 5.41) is 0. The molecule has 1 aliphatic heterocycles. The van der Waals surface area contributed by atoms with E-state index in [9.17, 15) is 4.79 Å². The molecule has 0 saturated carbocycles. The topological polar surface area (TPSA) is 75.4 Å². The predicted molar refractivity (Wildman–Crippen MR) is 86.0 cm³/mol. The lowest BCUT2D eigenvalue weighted by atomic mass is 9.98. The molecule has 0 spiro atoms. The van der Waals surface area contributed by atoms with E-state index in [0.717, 1.165) is 24.0 Å². The number of nitrogens with two attached hydrogens (primary N) is 1. The van der Waals surface area contributed by atoms with Crippen molar-refractivity contribution < 1.29 is 4.79 Å². The van der Waals surface area contributed by atoms with Crippen molar-refractivity contribution in [3.05, 3.63) is 16.9 Å². The summed E-state index contributed by atoms with van der Waals surface area (Å²) in [5.74, 6) is 0.975. The largest absolute Gasteiger partial charge is 0.338 e. The van der Waals surface area contributed by atoms with Gasteiger partial charge in [-0.2, -0.15) is 0 Å². The Morgan fingerprint density at radius 1 is 1.33 bits per heavy atom. The average molecular weight is 356 g/mol. The van der Waals surface area contributed by atoms with Crippen molar-refractivity contribution in [2.45, 2.75) is 26.3 Å². The number of carbonyl (C=O) groups is 1. The van der Waals surface area contributed by atoms with Gasteiger partial charge in [0.25, 0.3) is 0 Å². The van der Waals surface area contributed by atoms with E-state index in [1.807, 2.05) is 11.8 Å². The van der Waals surface area contributed by atoms with Gasteiger partial charge in [-0.1, -0.05) is 20.3 Å². The Labute approximate surface area is 133 Å². The number of anilines is 1. The smallest absolute Gasteiger partial charge is 0.239 e. The number of carbonyl (C=O) groups excluding carboxylic acids is 1. The predicted octanol–water partition coefficient (Wildman–Crippen LogP) is 1.26. The van der Waals surface area contributed by atoms with Gasteiger partial charge in [-0.25, -0.2) is 9.97 Å². The van der Waals surface area contributed by atoms with Crippen LogP contribution in [0.5, 0.6) is 0 Å². The van der Waals surface area contributed by atoms with Crippen LogP contribution in [-0.2, 0) is 4.79 Å². The first-order chi connectivity index (χ1) is 10.0. The van der Waals surface area contributed by atoms with E-state index in [1.54, 1.807) is 12.4 Å². The van der Waals surface area contributed by atoms with Crippen molar-refractivity contribution in [3.8, 4) is 0 Å². The van der Waals surface area contributed by atoms with Crippen molar-refractivity contribution in [1.82, 2.24) is 14.9 Å². The number of amides is 1. The van der Waals surface area contributed by atoms with Crippen LogP contribution in [0.3, 0.4) is 0 Å². The molecule has 2 heterocycles. The standard InChI is InChI=1S/C14H22BrN5O/c1-3-10(2)12(16)13(21)19-4-6-20(7-5-19)14-17-8-11(15)9-18-14/h8-10,12H,3-7,16H2,1-2H3.